The molecule has 9 heteroatoms. The average molecular weight is 511 g/mol. The molecule has 2 aromatic heterocycles. The van der Waals surface area contributed by atoms with Gasteiger partial charge in [-0.1, -0.05) is 13.8 Å². The van der Waals surface area contributed by atoms with Gasteiger partial charge in [-0.25, -0.2) is 9.97 Å². The van der Waals surface area contributed by atoms with Gasteiger partial charge in [0.15, 0.2) is 0 Å². The van der Waals surface area contributed by atoms with Gasteiger partial charge < -0.3 is 19.6 Å². The van der Waals surface area contributed by atoms with Gasteiger partial charge in [-0.3, -0.25) is 0 Å². The Kier molecular flexibility index (Phi) is 7.29. The molecule has 6 rings (SSSR count). The molecule has 36 heavy (non-hydrogen) atoms. The summed E-state index contributed by atoms with van der Waals surface area (Å²) in [4.78, 5) is 25.1. The van der Waals surface area contributed by atoms with Crippen molar-refractivity contribution >= 4 is 28.4 Å². The molecule has 4 aliphatic rings. The first-order chi connectivity index (χ1) is 17.7. The van der Waals surface area contributed by atoms with E-state index in [0.717, 1.165) is 87.3 Å². The fraction of sp³-hybridized carbons (Fsp3) is 0.778. The van der Waals surface area contributed by atoms with Gasteiger partial charge in [0.25, 0.3) is 0 Å². The summed E-state index contributed by atoms with van der Waals surface area (Å²) in [5.41, 5.74) is 2.74. The number of anilines is 3. The van der Waals surface area contributed by atoms with Crippen LogP contribution in [0.3, 0.4) is 0 Å². The average Bonchev–Trinajstić information content (AvgIpc) is 3.60. The van der Waals surface area contributed by atoms with Crippen LogP contribution in [0.25, 0.3) is 0 Å². The Hall–Kier alpha value is -2.00. The van der Waals surface area contributed by atoms with Gasteiger partial charge in [-0.05, 0) is 69.9 Å². The second-order valence-corrected chi connectivity index (χ2v) is 12.1. The Labute approximate surface area is 220 Å². The number of fused-ring (bicyclic) bond motifs is 1. The zero-order chi connectivity index (χ0) is 24.5. The summed E-state index contributed by atoms with van der Waals surface area (Å²) in [6.07, 6.45) is 9.70. The van der Waals surface area contributed by atoms with E-state index in [9.17, 15) is 0 Å². The van der Waals surface area contributed by atoms with Crippen LogP contribution >= 0.6 is 11.5 Å². The van der Waals surface area contributed by atoms with E-state index in [1.165, 1.54) is 80.3 Å². The molecule has 5 heterocycles. The van der Waals surface area contributed by atoms with E-state index >= 15 is 0 Å². The fourth-order valence-electron chi connectivity index (χ4n) is 6.35. The summed E-state index contributed by atoms with van der Waals surface area (Å²) in [6, 6.07) is 0. The third-order valence-corrected chi connectivity index (χ3v) is 9.63. The first-order valence-corrected chi connectivity index (χ1v) is 15.1. The molecular weight excluding hydrogens is 468 g/mol. The van der Waals surface area contributed by atoms with Crippen molar-refractivity contribution in [3.8, 4) is 0 Å². The minimum atomic E-state index is 0.839. The van der Waals surface area contributed by atoms with E-state index in [0.29, 0.717) is 0 Å². The molecule has 1 aliphatic carbocycles. The van der Waals surface area contributed by atoms with Crippen LogP contribution in [0.2, 0.25) is 0 Å². The number of piperazine rings is 1. The van der Waals surface area contributed by atoms with Crippen LogP contribution in [0.5, 0.6) is 0 Å². The van der Waals surface area contributed by atoms with Crippen molar-refractivity contribution in [1.82, 2.24) is 24.2 Å². The summed E-state index contributed by atoms with van der Waals surface area (Å²) in [5, 5.41) is 1.06. The van der Waals surface area contributed by atoms with Crippen molar-refractivity contribution in [3.63, 3.8) is 0 Å². The van der Waals surface area contributed by atoms with E-state index in [-0.39, 0.29) is 0 Å². The summed E-state index contributed by atoms with van der Waals surface area (Å²) in [7, 11) is 0. The van der Waals surface area contributed by atoms with Crippen LogP contribution in [0, 0.1) is 11.8 Å². The monoisotopic (exact) mass is 510 g/mol. The Bertz CT molecular complexity index is 1020. The Morgan fingerprint density at radius 2 is 1.56 bits per heavy atom. The molecular formula is C27H42N8S. The molecule has 3 fully saturated rings. The number of piperidine rings is 2. The quantitative estimate of drug-likeness (QED) is 0.584. The van der Waals surface area contributed by atoms with Crippen molar-refractivity contribution in [2.24, 2.45) is 11.8 Å². The minimum absolute atomic E-state index is 0.839. The van der Waals surface area contributed by atoms with Gasteiger partial charge in [0.05, 0.1) is 5.69 Å². The highest BCUT2D eigenvalue weighted by Crippen LogP contribution is 2.34. The number of aryl methyl sites for hydroxylation is 2. The van der Waals surface area contributed by atoms with Gasteiger partial charge in [0.2, 0.25) is 11.1 Å². The largest absolute Gasteiger partial charge is 0.356 e. The summed E-state index contributed by atoms with van der Waals surface area (Å²) >= 11 is 1.53. The third kappa shape index (κ3) is 5.19. The van der Waals surface area contributed by atoms with Gasteiger partial charge >= 0.3 is 0 Å². The topological polar surface area (TPSA) is 64.5 Å². The van der Waals surface area contributed by atoms with Crippen molar-refractivity contribution in [2.45, 2.75) is 65.2 Å². The smallest absolute Gasteiger partial charge is 0.227 e. The molecule has 0 spiro atoms. The molecule has 0 unspecified atom stereocenters. The summed E-state index contributed by atoms with van der Waals surface area (Å²) in [5.74, 6) is 4.90. The molecule has 8 nitrogen and oxygen atoms in total. The highest BCUT2D eigenvalue weighted by molar-refractivity contribution is 7.09. The van der Waals surface area contributed by atoms with Crippen LogP contribution in [0.1, 0.15) is 63.0 Å². The van der Waals surface area contributed by atoms with Crippen molar-refractivity contribution in [1.29, 1.82) is 0 Å². The zero-order valence-electron chi connectivity index (χ0n) is 22.2. The normalized spacial score (nSPS) is 22.4. The molecule has 0 bridgehead atoms. The number of nitrogens with zero attached hydrogens (tertiary/aromatic N) is 8. The number of rotatable bonds is 6. The number of hydrogen-bond donors (Lipinski definition) is 0. The molecule has 0 saturated carbocycles. The first kappa shape index (κ1) is 24.3. The van der Waals surface area contributed by atoms with Crippen LogP contribution in [0.15, 0.2) is 0 Å². The van der Waals surface area contributed by atoms with Crippen LogP contribution < -0.4 is 14.7 Å². The second-order valence-electron chi connectivity index (χ2n) is 11.4. The van der Waals surface area contributed by atoms with Crippen LogP contribution in [-0.4, -0.2) is 83.1 Å². The second kappa shape index (κ2) is 10.8. The molecule has 196 valence electrons. The predicted octanol–water partition coefficient (Wildman–Crippen LogP) is 3.65. The zero-order valence-corrected chi connectivity index (χ0v) is 23.0. The van der Waals surface area contributed by atoms with E-state index in [4.69, 9.17) is 15.0 Å². The van der Waals surface area contributed by atoms with Crippen LogP contribution in [-0.2, 0) is 19.3 Å². The van der Waals surface area contributed by atoms with E-state index < -0.39 is 0 Å². The Morgan fingerprint density at radius 1 is 0.806 bits per heavy atom. The van der Waals surface area contributed by atoms with E-state index in [1.807, 2.05) is 0 Å². The molecule has 2 aromatic rings. The summed E-state index contributed by atoms with van der Waals surface area (Å²) < 4.78 is 4.47. The van der Waals surface area contributed by atoms with Crippen molar-refractivity contribution in [3.05, 3.63) is 17.1 Å². The van der Waals surface area contributed by atoms with Gasteiger partial charge in [-0.15, -0.1) is 0 Å². The lowest BCUT2D eigenvalue weighted by Crippen LogP contribution is -2.47. The molecule has 0 aromatic carbocycles. The lowest BCUT2D eigenvalue weighted by molar-refractivity contribution is 0.156. The third-order valence-electron chi connectivity index (χ3n) is 8.81. The Balaban J connectivity index is 1.10. The van der Waals surface area contributed by atoms with E-state index in [2.05, 4.69) is 37.8 Å². The van der Waals surface area contributed by atoms with E-state index in [1.54, 1.807) is 0 Å². The van der Waals surface area contributed by atoms with Crippen molar-refractivity contribution in [2.75, 3.05) is 73.6 Å². The standard InChI is InChI=1S/C27H42N8S/c1-3-24-29-27(36-31-24)35-17-15-34(16-18-35)26-28-23-6-4-5-22(23)25(30-26)33-13-9-21(10-14-33)19-32-11-7-20(2)8-12-32/h20-21H,3-19H2,1-2H3. The number of likely N-dealkylation sites (tertiary alicyclic amines) is 1. The van der Waals surface area contributed by atoms with Gasteiger partial charge in [0.1, 0.15) is 11.6 Å². The predicted molar refractivity (Wildman–Crippen MR) is 148 cm³/mol. The van der Waals surface area contributed by atoms with Gasteiger partial charge in [0, 0.05) is 69.3 Å². The number of aromatic nitrogens is 4. The maximum Gasteiger partial charge on any atom is 0.227 e. The minimum Gasteiger partial charge on any atom is -0.356 e. The van der Waals surface area contributed by atoms with Crippen molar-refractivity contribution < 1.29 is 0 Å². The lowest BCUT2D eigenvalue weighted by Gasteiger charge is -2.38. The highest BCUT2D eigenvalue weighted by Gasteiger charge is 2.30. The maximum absolute atomic E-state index is 5.24. The first-order valence-electron chi connectivity index (χ1n) is 14.4. The lowest BCUT2D eigenvalue weighted by atomic mass is 9.93. The molecule has 0 radical (unpaired) electrons. The Morgan fingerprint density at radius 3 is 2.28 bits per heavy atom. The number of hydrogen-bond acceptors (Lipinski definition) is 9. The fourth-order valence-corrected chi connectivity index (χ4v) is 7.16. The molecule has 3 aliphatic heterocycles. The van der Waals surface area contributed by atoms with Crippen LogP contribution in [0.4, 0.5) is 16.9 Å². The maximum atomic E-state index is 5.24. The summed E-state index contributed by atoms with van der Waals surface area (Å²) in [6.45, 7) is 14.5. The molecule has 0 atom stereocenters. The molecule has 0 N–H and O–H groups in total. The highest BCUT2D eigenvalue weighted by atomic mass is 32.1. The molecule has 3 saturated heterocycles. The van der Waals surface area contributed by atoms with Gasteiger partial charge in [-0.2, -0.15) is 9.36 Å². The SMILES string of the molecule is CCc1nsc(N2CCN(c3nc4c(c(N5CCC(CN6CCC(C)CC6)CC5)n3)CCC4)CC2)n1. The molecule has 0 amide bonds.